The molecule has 3 atom stereocenters. The molecular weight excluding hydrogens is 288 g/mol. The Hall–Kier alpha value is -1.55. The van der Waals surface area contributed by atoms with Crippen molar-refractivity contribution in [2.75, 3.05) is 26.2 Å². The first-order chi connectivity index (χ1) is 11.2. The molecule has 4 heteroatoms. The minimum absolute atomic E-state index is 0.160. The number of likely N-dealkylation sites (tertiary alicyclic amines) is 1. The van der Waals surface area contributed by atoms with Gasteiger partial charge in [0, 0.05) is 18.7 Å². The smallest absolute Gasteiger partial charge is 0.253 e. The molecule has 2 aliphatic heterocycles. The van der Waals surface area contributed by atoms with Crippen molar-refractivity contribution in [2.45, 2.75) is 39.2 Å². The Balaban J connectivity index is 1.61. The highest BCUT2D eigenvalue weighted by molar-refractivity contribution is 5.94. The Morgan fingerprint density at radius 1 is 1.22 bits per heavy atom. The number of benzene rings is 1. The van der Waals surface area contributed by atoms with E-state index in [1.165, 1.54) is 0 Å². The zero-order valence-corrected chi connectivity index (χ0v) is 14.3. The summed E-state index contributed by atoms with van der Waals surface area (Å²) in [5, 5.41) is 3.48. The average molecular weight is 316 g/mol. The second-order valence-electron chi connectivity index (χ2n) is 6.91. The average Bonchev–Trinajstić information content (AvgIpc) is 2.93. The van der Waals surface area contributed by atoms with Crippen LogP contribution in [-0.4, -0.2) is 43.1 Å². The fourth-order valence-corrected chi connectivity index (χ4v) is 3.60. The summed E-state index contributed by atoms with van der Waals surface area (Å²) in [5.74, 6) is 2.50. The predicted molar refractivity (Wildman–Crippen MR) is 91.8 cm³/mol. The molecule has 1 aromatic carbocycles. The first kappa shape index (κ1) is 16.3. The van der Waals surface area contributed by atoms with E-state index in [-0.39, 0.29) is 12.0 Å². The lowest BCUT2D eigenvalue weighted by Gasteiger charge is -2.21. The third kappa shape index (κ3) is 3.86. The van der Waals surface area contributed by atoms with Crippen LogP contribution in [0.4, 0.5) is 0 Å². The molecule has 1 N–H and O–H groups in total. The fraction of sp³-hybridized carbons (Fsp3) is 0.632. The predicted octanol–water partition coefficient (Wildman–Crippen LogP) is 2.94. The molecule has 23 heavy (non-hydrogen) atoms. The maximum absolute atomic E-state index is 12.7. The first-order valence-corrected chi connectivity index (χ1v) is 8.94. The molecule has 2 heterocycles. The monoisotopic (exact) mass is 316 g/mol. The molecule has 0 aromatic heterocycles. The van der Waals surface area contributed by atoms with Crippen LogP contribution in [-0.2, 0) is 0 Å². The molecule has 0 bridgehead atoms. The SMILES string of the molecule is CCC(C)Oc1ccc(C(=O)N2CC[C@@H]3CNC[C@@H]3CC2)cc1. The second-order valence-corrected chi connectivity index (χ2v) is 6.91. The number of nitrogens with zero attached hydrogens (tertiary/aromatic N) is 1. The van der Waals surface area contributed by atoms with E-state index < -0.39 is 0 Å². The zero-order valence-electron chi connectivity index (χ0n) is 14.3. The van der Waals surface area contributed by atoms with E-state index in [1.54, 1.807) is 0 Å². The lowest BCUT2D eigenvalue weighted by Crippen LogP contribution is -2.32. The summed E-state index contributed by atoms with van der Waals surface area (Å²) in [6, 6.07) is 7.62. The summed E-state index contributed by atoms with van der Waals surface area (Å²) >= 11 is 0. The van der Waals surface area contributed by atoms with Crippen molar-refractivity contribution >= 4 is 5.91 Å². The Bertz CT molecular complexity index is 515. The Labute approximate surface area is 139 Å². The van der Waals surface area contributed by atoms with Crippen LogP contribution < -0.4 is 10.1 Å². The summed E-state index contributed by atoms with van der Waals surface area (Å²) in [5.41, 5.74) is 0.770. The normalized spacial score (nSPS) is 25.6. The van der Waals surface area contributed by atoms with Crippen molar-refractivity contribution in [3.63, 3.8) is 0 Å². The molecule has 0 saturated carbocycles. The fourth-order valence-electron chi connectivity index (χ4n) is 3.60. The van der Waals surface area contributed by atoms with E-state index in [4.69, 9.17) is 4.74 Å². The molecule has 1 amide bonds. The standard InChI is InChI=1S/C19H28N2O2/c1-3-14(2)23-18-6-4-15(5-7-18)19(22)21-10-8-16-12-20-13-17(16)9-11-21/h4-7,14,16-17,20H,3,8-13H2,1-2H3/t14?,16-,17+. The van der Waals surface area contributed by atoms with E-state index in [1.807, 2.05) is 29.2 Å². The molecule has 2 aliphatic rings. The van der Waals surface area contributed by atoms with Gasteiger partial charge in [-0.15, -0.1) is 0 Å². The number of rotatable bonds is 4. The summed E-state index contributed by atoms with van der Waals surface area (Å²) in [4.78, 5) is 14.8. The summed E-state index contributed by atoms with van der Waals surface area (Å²) in [7, 11) is 0. The lowest BCUT2D eigenvalue weighted by atomic mass is 9.92. The molecule has 2 fully saturated rings. The quantitative estimate of drug-likeness (QED) is 0.928. The molecule has 126 valence electrons. The molecule has 0 radical (unpaired) electrons. The van der Waals surface area contributed by atoms with Gasteiger partial charge < -0.3 is 15.0 Å². The van der Waals surface area contributed by atoms with E-state index in [0.29, 0.717) is 0 Å². The van der Waals surface area contributed by atoms with E-state index in [9.17, 15) is 4.79 Å². The number of carbonyl (C=O) groups excluding carboxylic acids is 1. The van der Waals surface area contributed by atoms with Crippen LogP contribution in [0.25, 0.3) is 0 Å². The molecular formula is C19H28N2O2. The number of carbonyl (C=O) groups is 1. The Kier molecular flexibility index (Phi) is 5.21. The van der Waals surface area contributed by atoms with Crippen molar-refractivity contribution in [1.29, 1.82) is 0 Å². The second kappa shape index (κ2) is 7.35. The van der Waals surface area contributed by atoms with Gasteiger partial charge in [-0.05, 0) is 75.4 Å². The highest BCUT2D eigenvalue weighted by Gasteiger charge is 2.31. The number of hydrogen-bond donors (Lipinski definition) is 1. The Morgan fingerprint density at radius 2 is 1.83 bits per heavy atom. The van der Waals surface area contributed by atoms with Crippen molar-refractivity contribution in [3.05, 3.63) is 29.8 Å². The maximum atomic E-state index is 12.7. The zero-order chi connectivity index (χ0) is 16.2. The molecule has 0 spiro atoms. The molecule has 4 nitrogen and oxygen atoms in total. The number of nitrogens with one attached hydrogen (secondary N) is 1. The molecule has 2 saturated heterocycles. The van der Waals surface area contributed by atoms with Crippen molar-refractivity contribution in [1.82, 2.24) is 10.2 Å². The topological polar surface area (TPSA) is 41.6 Å². The van der Waals surface area contributed by atoms with Gasteiger partial charge in [-0.3, -0.25) is 4.79 Å². The van der Waals surface area contributed by atoms with Crippen LogP contribution in [0.3, 0.4) is 0 Å². The highest BCUT2D eigenvalue weighted by Crippen LogP contribution is 2.28. The molecule has 1 unspecified atom stereocenters. The number of fused-ring (bicyclic) bond motifs is 1. The third-order valence-corrected chi connectivity index (χ3v) is 5.32. The van der Waals surface area contributed by atoms with Gasteiger partial charge in [0.1, 0.15) is 5.75 Å². The van der Waals surface area contributed by atoms with Crippen LogP contribution in [0.5, 0.6) is 5.75 Å². The lowest BCUT2D eigenvalue weighted by molar-refractivity contribution is 0.0758. The maximum Gasteiger partial charge on any atom is 0.253 e. The van der Waals surface area contributed by atoms with E-state index >= 15 is 0 Å². The number of amides is 1. The minimum Gasteiger partial charge on any atom is -0.491 e. The molecule has 0 aliphatic carbocycles. The van der Waals surface area contributed by atoms with E-state index in [0.717, 1.165) is 68.6 Å². The largest absolute Gasteiger partial charge is 0.491 e. The number of hydrogen-bond acceptors (Lipinski definition) is 3. The summed E-state index contributed by atoms with van der Waals surface area (Å²) in [6.45, 7) is 8.16. The molecule has 1 aromatic rings. The van der Waals surface area contributed by atoms with Crippen LogP contribution in [0.1, 0.15) is 43.5 Å². The van der Waals surface area contributed by atoms with Gasteiger partial charge in [-0.25, -0.2) is 0 Å². The van der Waals surface area contributed by atoms with Gasteiger partial charge in [0.25, 0.3) is 5.91 Å². The van der Waals surface area contributed by atoms with Gasteiger partial charge in [0.05, 0.1) is 6.10 Å². The van der Waals surface area contributed by atoms with Crippen molar-refractivity contribution < 1.29 is 9.53 Å². The summed E-state index contributed by atoms with van der Waals surface area (Å²) in [6.07, 6.45) is 3.43. The van der Waals surface area contributed by atoms with Crippen LogP contribution in [0, 0.1) is 11.8 Å². The van der Waals surface area contributed by atoms with Crippen molar-refractivity contribution in [3.8, 4) is 5.75 Å². The van der Waals surface area contributed by atoms with Gasteiger partial charge in [0.15, 0.2) is 0 Å². The summed E-state index contributed by atoms with van der Waals surface area (Å²) < 4.78 is 5.78. The van der Waals surface area contributed by atoms with Gasteiger partial charge in [0.2, 0.25) is 0 Å². The molecule has 3 rings (SSSR count). The van der Waals surface area contributed by atoms with Gasteiger partial charge >= 0.3 is 0 Å². The van der Waals surface area contributed by atoms with Crippen molar-refractivity contribution in [2.24, 2.45) is 11.8 Å². The first-order valence-electron chi connectivity index (χ1n) is 8.94. The minimum atomic E-state index is 0.160. The van der Waals surface area contributed by atoms with Crippen LogP contribution in [0.15, 0.2) is 24.3 Å². The van der Waals surface area contributed by atoms with Gasteiger partial charge in [-0.2, -0.15) is 0 Å². The Morgan fingerprint density at radius 3 is 2.39 bits per heavy atom. The third-order valence-electron chi connectivity index (χ3n) is 5.32. The number of ether oxygens (including phenoxy) is 1. The van der Waals surface area contributed by atoms with E-state index in [2.05, 4.69) is 19.2 Å². The highest BCUT2D eigenvalue weighted by atomic mass is 16.5. The van der Waals surface area contributed by atoms with Gasteiger partial charge in [-0.1, -0.05) is 6.92 Å². The van der Waals surface area contributed by atoms with Crippen LogP contribution in [0.2, 0.25) is 0 Å². The van der Waals surface area contributed by atoms with Crippen LogP contribution >= 0.6 is 0 Å².